The van der Waals surface area contributed by atoms with E-state index in [2.05, 4.69) is 15.3 Å². The van der Waals surface area contributed by atoms with Crippen LogP contribution in [0.2, 0.25) is 0 Å². The molecule has 0 unspecified atom stereocenters. The van der Waals surface area contributed by atoms with Crippen molar-refractivity contribution < 1.29 is 9.72 Å². The van der Waals surface area contributed by atoms with Crippen LogP contribution in [0.4, 0.5) is 17.5 Å². The van der Waals surface area contributed by atoms with Crippen LogP contribution in [-0.2, 0) is 4.79 Å². The maximum absolute atomic E-state index is 11.3. The van der Waals surface area contributed by atoms with E-state index in [0.29, 0.717) is 6.54 Å². The summed E-state index contributed by atoms with van der Waals surface area (Å²) < 4.78 is 0. The van der Waals surface area contributed by atoms with E-state index in [9.17, 15) is 14.9 Å². The Labute approximate surface area is 122 Å². The summed E-state index contributed by atoms with van der Waals surface area (Å²) in [5.74, 6) is -0.0415. The number of nitrogens with one attached hydrogen (secondary N) is 1. The van der Waals surface area contributed by atoms with Crippen molar-refractivity contribution in [3.05, 3.63) is 15.8 Å². The van der Waals surface area contributed by atoms with Gasteiger partial charge in [-0.1, -0.05) is 13.8 Å². The zero-order valence-corrected chi connectivity index (χ0v) is 12.6. The van der Waals surface area contributed by atoms with E-state index >= 15 is 0 Å². The molecule has 0 saturated carbocycles. The first-order valence-electron chi connectivity index (χ1n) is 6.50. The van der Waals surface area contributed by atoms with E-state index in [0.717, 1.165) is 0 Å². The molecule has 0 spiro atoms. The summed E-state index contributed by atoms with van der Waals surface area (Å²) in [4.78, 5) is 31.6. The van der Waals surface area contributed by atoms with Gasteiger partial charge in [0.15, 0.2) is 0 Å². The van der Waals surface area contributed by atoms with E-state index in [1.54, 1.807) is 7.05 Å². The summed E-state index contributed by atoms with van der Waals surface area (Å²) in [5.41, 5.74) is 5.25. The summed E-state index contributed by atoms with van der Waals surface area (Å²) in [6.45, 7) is 5.68. The molecule has 0 saturated heterocycles. The smallest absolute Gasteiger partial charge is 0.332 e. The van der Waals surface area contributed by atoms with Crippen LogP contribution in [0.5, 0.6) is 0 Å². The Morgan fingerprint density at radius 3 is 2.52 bits per heavy atom. The van der Waals surface area contributed by atoms with Crippen LogP contribution in [0, 0.1) is 23.0 Å². The van der Waals surface area contributed by atoms with E-state index in [4.69, 9.17) is 5.73 Å². The second-order valence-corrected chi connectivity index (χ2v) is 5.05. The second-order valence-electron chi connectivity index (χ2n) is 5.05. The second kappa shape index (κ2) is 6.82. The molecule has 1 amide bonds. The summed E-state index contributed by atoms with van der Waals surface area (Å²) >= 11 is 0. The molecule has 0 aromatic carbocycles. The minimum Gasteiger partial charge on any atom is -0.368 e. The number of aromatic nitrogens is 2. The number of carbonyl (C=O) groups is 1. The average Bonchev–Trinajstić information content (AvgIpc) is 2.35. The number of amides is 1. The van der Waals surface area contributed by atoms with Crippen LogP contribution in [0.15, 0.2) is 0 Å². The molecular formula is C12H20N6O3. The number of hydrogen-bond acceptors (Lipinski definition) is 7. The molecule has 1 rings (SSSR count). The van der Waals surface area contributed by atoms with Gasteiger partial charge in [-0.25, -0.2) is 4.98 Å². The van der Waals surface area contributed by atoms with Crippen LogP contribution in [0.3, 0.4) is 0 Å². The van der Waals surface area contributed by atoms with Crippen LogP contribution in [0.1, 0.15) is 19.5 Å². The van der Waals surface area contributed by atoms with Crippen molar-refractivity contribution in [3.8, 4) is 0 Å². The Kier molecular flexibility index (Phi) is 5.39. The molecule has 0 atom stereocenters. The van der Waals surface area contributed by atoms with Gasteiger partial charge in [-0.15, -0.1) is 0 Å². The number of nitro groups is 1. The van der Waals surface area contributed by atoms with Crippen molar-refractivity contribution in [2.24, 2.45) is 11.7 Å². The number of nitrogens with zero attached hydrogens (tertiary/aromatic N) is 4. The lowest BCUT2D eigenvalue weighted by Crippen LogP contribution is -2.37. The summed E-state index contributed by atoms with van der Waals surface area (Å²) in [6, 6.07) is 0. The topological polar surface area (TPSA) is 127 Å². The molecule has 0 aliphatic rings. The van der Waals surface area contributed by atoms with Gasteiger partial charge >= 0.3 is 5.69 Å². The van der Waals surface area contributed by atoms with Crippen LogP contribution < -0.4 is 16.0 Å². The van der Waals surface area contributed by atoms with Crippen molar-refractivity contribution >= 4 is 23.4 Å². The van der Waals surface area contributed by atoms with Crippen molar-refractivity contribution in [2.75, 3.05) is 30.4 Å². The Balaban J connectivity index is 3.41. The van der Waals surface area contributed by atoms with Gasteiger partial charge in [0, 0.05) is 13.6 Å². The first-order valence-corrected chi connectivity index (χ1v) is 6.50. The lowest BCUT2D eigenvalue weighted by Gasteiger charge is -2.24. The minimum absolute atomic E-state index is 0.101. The molecule has 0 aliphatic heterocycles. The number of nitrogens with two attached hydrogens (primary N) is 1. The molecule has 1 aromatic rings. The molecule has 1 aromatic heterocycles. The fourth-order valence-corrected chi connectivity index (χ4v) is 1.95. The van der Waals surface area contributed by atoms with Crippen molar-refractivity contribution in [3.63, 3.8) is 0 Å². The molecule has 9 heteroatoms. The fraction of sp³-hybridized carbons (Fsp3) is 0.583. The van der Waals surface area contributed by atoms with Gasteiger partial charge in [0.05, 0.1) is 11.5 Å². The number of carbonyl (C=O) groups excluding carboxylic acids is 1. The van der Waals surface area contributed by atoms with Gasteiger partial charge in [-0.3, -0.25) is 14.9 Å². The highest BCUT2D eigenvalue weighted by Crippen LogP contribution is 2.30. The summed E-state index contributed by atoms with van der Waals surface area (Å²) in [6.07, 6.45) is 0. The SMILES string of the molecule is CNc1nc(C)c([N+](=O)[O-])c(N(CC(N)=O)CC(C)C)n1. The zero-order chi connectivity index (χ0) is 16.2. The number of aryl methyl sites for hydroxylation is 1. The van der Waals surface area contributed by atoms with Crippen molar-refractivity contribution in [1.29, 1.82) is 0 Å². The predicted molar refractivity (Wildman–Crippen MR) is 79.2 cm³/mol. The molecule has 21 heavy (non-hydrogen) atoms. The third-order valence-corrected chi connectivity index (χ3v) is 2.68. The molecule has 9 nitrogen and oxygen atoms in total. The standard InChI is InChI=1S/C12H20N6O3/c1-7(2)5-17(6-9(13)19)11-10(18(20)21)8(3)15-12(14-4)16-11/h7H,5-6H2,1-4H3,(H2,13,19)(H,14,15,16). The first kappa shape index (κ1) is 16.6. The monoisotopic (exact) mass is 296 g/mol. The molecule has 0 aliphatic carbocycles. The highest BCUT2D eigenvalue weighted by atomic mass is 16.6. The Hall–Kier alpha value is -2.45. The summed E-state index contributed by atoms with van der Waals surface area (Å²) in [7, 11) is 1.62. The van der Waals surface area contributed by atoms with Crippen molar-refractivity contribution in [1.82, 2.24) is 9.97 Å². The van der Waals surface area contributed by atoms with E-state index in [1.165, 1.54) is 11.8 Å². The number of rotatable bonds is 7. The zero-order valence-electron chi connectivity index (χ0n) is 12.6. The quantitative estimate of drug-likeness (QED) is 0.559. The minimum atomic E-state index is -0.577. The maximum Gasteiger partial charge on any atom is 0.332 e. The summed E-state index contributed by atoms with van der Waals surface area (Å²) in [5, 5.41) is 14.0. The maximum atomic E-state index is 11.3. The van der Waals surface area contributed by atoms with E-state index in [1.807, 2.05) is 13.8 Å². The van der Waals surface area contributed by atoms with Gasteiger partial charge in [0.25, 0.3) is 0 Å². The first-order chi connectivity index (χ1) is 9.76. The highest BCUT2D eigenvalue weighted by Gasteiger charge is 2.27. The van der Waals surface area contributed by atoms with E-state index < -0.39 is 10.8 Å². The third-order valence-electron chi connectivity index (χ3n) is 2.68. The molecule has 3 N–H and O–H groups in total. The lowest BCUT2D eigenvalue weighted by atomic mass is 10.2. The number of anilines is 2. The highest BCUT2D eigenvalue weighted by molar-refractivity contribution is 5.80. The van der Waals surface area contributed by atoms with Crippen LogP contribution in [-0.4, -0.2) is 40.9 Å². The van der Waals surface area contributed by atoms with Gasteiger partial charge < -0.3 is 16.0 Å². The van der Waals surface area contributed by atoms with Gasteiger partial charge in [0.2, 0.25) is 17.7 Å². The van der Waals surface area contributed by atoms with E-state index in [-0.39, 0.29) is 35.6 Å². The lowest BCUT2D eigenvalue weighted by molar-refractivity contribution is -0.385. The van der Waals surface area contributed by atoms with Gasteiger partial charge in [0.1, 0.15) is 5.69 Å². The Bertz CT molecular complexity index is 546. The van der Waals surface area contributed by atoms with Crippen LogP contribution in [0.25, 0.3) is 0 Å². The normalized spacial score (nSPS) is 10.5. The molecule has 0 bridgehead atoms. The predicted octanol–water partition coefficient (Wildman–Crippen LogP) is 0.683. The number of primary amides is 1. The number of hydrogen-bond donors (Lipinski definition) is 2. The molecule has 1 heterocycles. The molecule has 0 radical (unpaired) electrons. The average molecular weight is 296 g/mol. The molecule has 0 fully saturated rings. The van der Waals surface area contributed by atoms with Gasteiger partial charge in [-0.05, 0) is 12.8 Å². The van der Waals surface area contributed by atoms with Gasteiger partial charge in [-0.2, -0.15) is 4.98 Å². The van der Waals surface area contributed by atoms with Crippen molar-refractivity contribution in [2.45, 2.75) is 20.8 Å². The Morgan fingerprint density at radius 1 is 1.48 bits per heavy atom. The molecule has 116 valence electrons. The largest absolute Gasteiger partial charge is 0.368 e. The third kappa shape index (κ3) is 4.26. The fourth-order valence-electron chi connectivity index (χ4n) is 1.95. The Morgan fingerprint density at radius 2 is 2.10 bits per heavy atom. The molecular weight excluding hydrogens is 276 g/mol. The van der Waals surface area contributed by atoms with Crippen LogP contribution >= 0.6 is 0 Å².